The molecular weight excluding hydrogens is 196 g/mol. The third kappa shape index (κ3) is 2.38. The van der Waals surface area contributed by atoms with Gasteiger partial charge in [-0.05, 0) is 17.9 Å². The SMILES string of the molecule is CC.Cc1ncc(CC#N)c2ccccc12. The van der Waals surface area contributed by atoms with Crippen molar-refractivity contribution in [3.05, 3.63) is 41.7 Å². The van der Waals surface area contributed by atoms with Crippen molar-refractivity contribution in [1.82, 2.24) is 4.98 Å². The molecule has 0 radical (unpaired) electrons. The van der Waals surface area contributed by atoms with E-state index in [4.69, 9.17) is 5.26 Å². The summed E-state index contributed by atoms with van der Waals surface area (Å²) in [6.07, 6.45) is 2.22. The molecule has 0 saturated heterocycles. The van der Waals surface area contributed by atoms with Gasteiger partial charge in [0.15, 0.2) is 0 Å². The average molecular weight is 212 g/mol. The third-order valence-electron chi connectivity index (χ3n) is 2.35. The summed E-state index contributed by atoms with van der Waals surface area (Å²) in [5.74, 6) is 0. The smallest absolute Gasteiger partial charge is 0.0670 e. The molecule has 0 aliphatic carbocycles. The minimum atomic E-state index is 0.424. The van der Waals surface area contributed by atoms with Gasteiger partial charge in [0.2, 0.25) is 0 Å². The second-order valence-electron chi connectivity index (χ2n) is 3.25. The van der Waals surface area contributed by atoms with Crippen LogP contribution in [0.1, 0.15) is 25.1 Å². The topological polar surface area (TPSA) is 36.7 Å². The van der Waals surface area contributed by atoms with Crippen LogP contribution >= 0.6 is 0 Å². The predicted octanol–water partition coefficient (Wildman–Crippen LogP) is 3.64. The molecule has 0 unspecified atom stereocenters. The Morgan fingerprint density at radius 2 is 1.81 bits per heavy atom. The van der Waals surface area contributed by atoms with Crippen LogP contribution in [0, 0.1) is 18.3 Å². The number of fused-ring (bicyclic) bond motifs is 1. The lowest BCUT2D eigenvalue weighted by atomic mass is 10.0. The summed E-state index contributed by atoms with van der Waals surface area (Å²) in [6.45, 7) is 5.98. The fraction of sp³-hybridized carbons (Fsp3) is 0.286. The quantitative estimate of drug-likeness (QED) is 0.723. The van der Waals surface area contributed by atoms with Crippen molar-refractivity contribution in [2.75, 3.05) is 0 Å². The molecule has 0 fully saturated rings. The minimum absolute atomic E-state index is 0.424. The molecule has 2 nitrogen and oxygen atoms in total. The number of nitriles is 1. The van der Waals surface area contributed by atoms with Crippen LogP contribution in [0.4, 0.5) is 0 Å². The monoisotopic (exact) mass is 212 g/mol. The molecule has 0 amide bonds. The van der Waals surface area contributed by atoms with Crippen LogP contribution in [0.15, 0.2) is 30.5 Å². The maximum atomic E-state index is 8.67. The van der Waals surface area contributed by atoms with Crippen LogP contribution in [0.3, 0.4) is 0 Å². The Morgan fingerprint density at radius 3 is 2.44 bits per heavy atom. The van der Waals surface area contributed by atoms with Gasteiger partial charge in [-0.3, -0.25) is 4.98 Å². The highest BCUT2D eigenvalue weighted by Gasteiger charge is 2.02. The average Bonchev–Trinajstić information content (AvgIpc) is 2.36. The summed E-state index contributed by atoms with van der Waals surface area (Å²) in [6, 6.07) is 10.2. The molecule has 1 aromatic carbocycles. The fourth-order valence-corrected chi connectivity index (χ4v) is 1.62. The van der Waals surface area contributed by atoms with Gasteiger partial charge in [0.1, 0.15) is 0 Å². The van der Waals surface area contributed by atoms with Gasteiger partial charge in [0.05, 0.1) is 12.5 Å². The number of aryl methyl sites for hydroxylation is 1. The van der Waals surface area contributed by atoms with Gasteiger partial charge < -0.3 is 0 Å². The van der Waals surface area contributed by atoms with Crippen LogP contribution in [0.5, 0.6) is 0 Å². The zero-order valence-electron chi connectivity index (χ0n) is 9.99. The van der Waals surface area contributed by atoms with E-state index in [0.29, 0.717) is 6.42 Å². The highest BCUT2D eigenvalue weighted by molar-refractivity contribution is 5.87. The van der Waals surface area contributed by atoms with Gasteiger partial charge in [-0.1, -0.05) is 38.1 Å². The van der Waals surface area contributed by atoms with Crippen molar-refractivity contribution < 1.29 is 0 Å². The first kappa shape index (κ1) is 12.2. The maximum absolute atomic E-state index is 8.67. The van der Waals surface area contributed by atoms with E-state index in [1.54, 1.807) is 6.20 Å². The van der Waals surface area contributed by atoms with Crippen molar-refractivity contribution in [3.8, 4) is 6.07 Å². The molecule has 0 aliphatic rings. The molecule has 82 valence electrons. The second kappa shape index (κ2) is 5.87. The zero-order valence-corrected chi connectivity index (χ0v) is 9.99. The van der Waals surface area contributed by atoms with Crippen LogP contribution in [-0.2, 0) is 6.42 Å². The zero-order chi connectivity index (χ0) is 12.0. The summed E-state index contributed by atoms with van der Waals surface area (Å²) < 4.78 is 0. The molecule has 0 saturated carbocycles. The summed E-state index contributed by atoms with van der Waals surface area (Å²) in [5, 5.41) is 11.0. The van der Waals surface area contributed by atoms with Crippen molar-refractivity contribution >= 4 is 10.8 Å². The second-order valence-corrected chi connectivity index (χ2v) is 3.25. The molecule has 2 heteroatoms. The Balaban J connectivity index is 0.000000606. The Morgan fingerprint density at radius 1 is 1.19 bits per heavy atom. The van der Waals surface area contributed by atoms with E-state index in [2.05, 4.69) is 11.1 Å². The molecule has 0 aliphatic heterocycles. The molecule has 0 bridgehead atoms. The number of aromatic nitrogens is 1. The molecule has 0 atom stereocenters. The maximum Gasteiger partial charge on any atom is 0.0670 e. The molecule has 0 N–H and O–H groups in total. The van der Waals surface area contributed by atoms with Gasteiger partial charge in [-0.2, -0.15) is 5.26 Å². The normalized spacial score (nSPS) is 9.12. The van der Waals surface area contributed by atoms with E-state index in [0.717, 1.165) is 22.0 Å². The van der Waals surface area contributed by atoms with Gasteiger partial charge in [0, 0.05) is 17.3 Å². The molecular formula is C14H16N2. The standard InChI is InChI=1S/C12H10N2.C2H6/c1-9-11-4-2-3-5-12(11)10(6-7-13)8-14-9;1-2/h2-5,8H,6H2,1H3;1-2H3. The predicted molar refractivity (Wildman–Crippen MR) is 67.1 cm³/mol. The lowest BCUT2D eigenvalue weighted by molar-refractivity contribution is 1.17. The highest BCUT2D eigenvalue weighted by Crippen LogP contribution is 2.20. The Kier molecular flexibility index (Phi) is 4.47. The van der Waals surface area contributed by atoms with Crippen LogP contribution in [0.25, 0.3) is 10.8 Å². The Hall–Kier alpha value is -1.88. The largest absolute Gasteiger partial charge is 0.261 e. The summed E-state index contributed by atoms with van der Waals surface area (Å²) >= 11 is 0. The number of rotatable bonds is 1. The van der Waals surface area contributed by atoms with E-state index < -0.39 is 0 Å². The molecule has 2 rings (SSSR count). The first-order valence-electron chi connectivity index (χ1n) is 5.53. The molecule has 16 heavy (non-hydrogen) atoms. The van der Waals surface area contributed by atoms with Crippen molar-refractivity contribution in [2.45, 2.75) is 27.2 Å². The first-order chi connectivity index (χ1) is 7.83. The van der Waals surface area contributed by atoms with Crippen molar-refractivity contribution in [2.24, 2.45) is 0 Å². The van der Waals surface area contributed by atoms with Crippen molar-refractivity contribution in [3.63, 3.8) is 0 Å². The highest BCUT2D eigenvalue weighted by atomic mass is 14.7. The van der Waals surface area contributed by atoms with Crippen LogP contribution in [-0.4, -0.2) is 4.98 Å². The van der Waals surface area contributed by atoms with E-state index in [9.17, 15) is 0 Å². The minimum Gasteiger partial charge on any atom is -0.261 e. The third-order valence-corrected chi connectivity index (χ3v) is 2.35. The van der Waals surface area contributed by atoms with Gasteiger partial charge in [-0.25, -0.2) is 0 Å². The lowest BCUT2D eigenvalue weighted by Crippen LogP contribution is -1.90. The molecule has 0 spiro atoms. The summed E-state index contributed by atoms with van der Waals surface area (Å²) in [5.41, 5.74) is 2.02. The Bertz CT molecular complexity index is 510. The number of hydrogen-bond acceptors (Lipinski definition) is 2. The van der Waals surface area contributed by atoms with Crippen molar-refractivity contribution in [1.29, 1.82) is 5.26 Å². The number of pyridine rings is 1. The number of benzene rings is 1. The van der Waals surface area contributed by atoms with Crippen LogP contribution < -0.4 is 0 Å². The van der Waals surface area contributed by atoms with Crippen LogP contribution in [0.2, 0.25) is 0 Å². The Labute approximate surface area is 96.6 Å². The van der Waals surface area contributed by atoms with Gasteiger partial charge >= 0.3 is 0 Å². The summed E-state index contributed by atoms with van der Waals surface area (Å²) in [7, 11) is 0. The molecule has 2 aromatic rings. The molecule has 1 heterocycles. The van der Waals surface area contributed by atoms with Gasteiger partial charge in [0.25, 0.3) is 0 Å². The lowest BCUT2D eigenvalue weighted by Gasteiger charge is -2.04. The van der Waals surface area contributed by atoms with E-state index in [1.807, 2.05) is 45.0 Å². The first-order valence-corrected chi connectivity index (χ1v) is 5.53. The van der Waals surface area contributed by atoms with E-state index >= 15 is 0 Å². The van der Waals surface area contributed by atoms with E-state index in [1.165, 1.54) is 0 Å². The fourth-order valence-electron chi connectivity index (χ4n) is 1.62. The summed E-state index contributed by atoms with van der Waals surface area (Å²) in [4.78, 5) is 4.27. The van der Waals surface area contributed by atoms with Gasteiger partial charge in [-0.15, -0.1) is 0 Å². The number of hydrogen-bond donors (Lipinski definition) is 0. The number of nitrogens with zero attached hydrogens (tertiary/aromatic N) is 2. The van der Waals surface area contributed by atoms with E-state index in [-0.39, 0.29) is 0 Å². The molecule has 1 aromatic heterocycles.